The second-order valence-electron chi connectivity index (χ2n) is 1.89. The van der Waals surface area contributed by atoms with Crippen molar-refractivity contribution in [3.8, 4) is 0 Å². The Balaban J connectivity index is 0. The van der Waals surface area contributed by atoms with Crippen LogP contribution in [0.3, 0.4) is 0 Å². The second kappa shape index (κ2) is 8.74. The summed E-state index contributed by atoms with van der Waals surface area (Å²) in [6.07, 6.45) is 0. The molecular weight excluding hydrogens is 228 g/mol. The molecule has 0 aromatic heterocycles. The average Bonchev–Trinajstić information content (AvgIpc) is 1.87. The first-order valence-electron chi connectivity index (χ1n) is 2.98. The normalized spacial score (nSPS) is 7.92. The van der Waals surface area contributed by atoms with Gasteiger partial charge in [0.2, 0.25) is 0 Å². The van der Waals surface area contributed by atoms with E-state index in [1.165, 1.54) is 5.56 Å². The van der Waals surface area contributed by atoms with Crippen LogP contribution in [-0.2, 0) is 28.1 Å². The van der Waals surface area contributed by atoms with Crippen LogP contribution in [0.4, 0.5) is 0 Å². The number of hydrogen-bond acceptors (Lipinski definition) is 2. The first-order valence-corrected chi connectivity index (χ1v) is 4.11. The monoisotopic (exact) mass is 237 g/mol. The fourth-order valence-corrected chi connectivity index (χ4v) is 0.534. The molecule has 0 saturated heterocycles. The molecule has 1 N–H and O–H groups in total. The maximum Gasteiger partial charge on any atom is 0.254 e. The summed E-state index contributed by atoms with van der Waals surface area (Å²) < 4.78 is 24.2. The average molecular weight is 238 g/mol. The third kappa shape index (κ3) is 12.3. The molecule has 0 aliphatic rings. The van der Waals surface area contributed by atoms with Crippen LogP contribution in [0.1, 0.15) is 5.56 Å². The molecule has 0 unspecified atom stereocenters. The zero-order chi connectivity index (χ0) is 8.69. The van der Waals surface area contributed by atoms with Crippen molar-refractivity contribution in [1.29, 1.82) is 0 Å². The molecule has 0 fully saturated rings. The Bertz CT molecular complexity index is 251. The molecule has 0 spiro atoms. The van der Waals surface area contributed by atoms with Gasteiger partial charge in [0.05, 0.1) is 0 Å². The third-order valence-electron chi connectivity index (χ3n) is 0.940. The van der Waals surface area contributed by atoms with Gasteiger partial charge in [-0.25, -0.2) is 8.42 Å². The van der Waals surface area contributed by atoms with Crippen LogP contribution < -0.4 is 0 Å². The van der Waals surface area contributed by atoms with Crippen molar-refractivity contribution in [2.75, 3.05) is 0 Å². The van der Waals surface area contributed by atoms with E-state index in [1.54, 1.807) is 0 Å². The van der Waals surface area contributed by atoms with Crippen LogP contribution in [0.25, 0.3) is 0 Å². The molecule has 0 saturated carbocycles. The van der Waals surface area contributed by atoms with Crippen LogP contribution in [-0.4, -0.2) is 13.0 Å². The van der Waals surface area contributed by atoms with E-state index in [1.807, 2.05) is 18.2 Å². The van der Waals surface area contributed by atoms with Gasteiger partial charge in [-0.15, -0.1) is 0 Å². The molecule has 0 aliphatic carbocycles. The van der Waals surface area contributed by atoms with E-state index < -0.39 is 11.0 Å². The molecule has 0 atom stereocenters. The van der Waals surface area contributed by atoms with Gasteiger partial charge < -0.3 is 0 Å². The fourth-order valence-electron chi connectivity index (χ4n) is 0.534. The molecule has 0 heterocycles. The van der Waals surface area contributed by atoms with Gasteiger partial charge >= 0.3 is 0 Å². The van der Waals surface area contributed by atoms with Crippen molar-refractivity contribution in [2.45, 2.75) is 6.92 Å². The predicted molar refractivity (Wildman–Crippen MR) is 44.1 cm³/mol. The van der Waals surface area contributed by atoms with E-state index in [0.717, 1.165) is 0 Å². The van der Waals surface area contributed by atoms with E-state index in [0.29, 0.717) is 0 Å². The molecule has 12 heavy (non-hydrogen) atoms. The summed E-state index contributed by atoms with van der Waals surface area (Å²) in [5.41, 5.74) is 1.32. The third-order valence-corrected chi connectivity index (χ3v) is 0.940. The van der Waals surface area contributed by atoms with Gasteiger partial charge in [-0.3, -0.25) is 4.55 Å². The van der Waals surface area contributed by atoms with Crippen molar-refractivity contribution < 1.29 is 30.0 Å². The van der Waals surface area contributed by atoms with Gasteiger partial charge in [0.25, 0.3) is 11.0 Å². The van der Waals surface area contributed by atoms with E-state index in [4.69, 9.17) is 13.0 Å². The second-order valence-corrected chi connectivity index (χ2v) is 2.37. The van der Waals surface area contributed by atoms with Gasteiger partial charge in [-0.2, -0.15) is 0 Å². The van der Waals surface area contributed by atoms with E-state index in [-0.39, 0.29) is 17.1 Å². The van der Waals surface area contributed by atoms with Crippen molar-refractivity contribution in [2.24, 2.45) is 0 Å². The van der Waals surface area contributed by atoms with Crippen molar-refractivity contribution in [1.82, 2.24) is 0 Å². The number of thiol groups is 1. The Morgan fingerprint density at radius 3 is 1.67 bits per heavy atom. The van der Waals surface area contributed by atoms with Gasteiger partial charge in [0, 0.05) is 17.1 Å². The quantitative estimate of drug-likeness (QED) is 0.403. The van der Waals surface area contributed by atoms with Crippen LogP contribution >= 0.6 is 0 Å². The molecule has 1 aromatic carbocycles. The van der Waals surface area contributed by atoms with E-state index in [2.05, 4.69) is 19.1 Å². The summed E-state index contributed by atoms with van der Waals surface area (Å²) in [4.78, 5) is 0. The summed E-state index contributed by atoms with van der Waals surface area (Å²) in [5, 5.41) is 0. The molecule has 1 radical (unpaired) electrons. The van der Waals surface area contributed by atoms with Crippen molar-refractivity contribution >= 4 is 11.0 Å². The van der Waals surface area contributed by atoms with Crippen LogP contribution in [0, 0.1) is 6.92 Å². The minimum absolute atomic E-state index is 0. The summed E-state index contributed by atoms with van der Waals surface area (Å²) in [7, 11) is -3.12. The standard InChI is InChI=1S/C7H8.Cu.H2O3S/c1-7-5-3-2-4-6-7;;1-4(2)3/h2-6H,1H3;;4H,(H,1,2,3). The van der Waals surface area contributed by atoms with Crippen LogP contribution in [0.15, 0.2) is 30.3 Å². The Kier molecular flexibility index (Phi) is 10.3. The Morgan fingerprint density at radius 1 is 1.17 bits per heavy atom. The number of hydrogen-bond donors (Lipinski definition) is 2. The van der Waals surface area contributed by atoms with Gasteiger partial charge in [0.1, 0.15) is 0 Å². The Hall–Kier alpha value is -0.351. The van der Waals surface area contributed by atoms with E-state index in [9.17, 15) is 0 Å². The first-order chi connectivity index (χ1) is 5.13. The molecular formula is C7H10CuO3S. The maximum atomic E-state index is 8.59. The topological polar surface area (TPSA) is 54.4 Å². The fraction of sp³-hybridized carbons (Fsp3) is 0.143. The van der Waals surface area contributed by atoms with Crippen molar-refractivity contribution in [3.05, 3.63) is 35.9 Å². The van der Waals surface area contributed by atoms with Gasteiger partial charge in [-0.1, -0.05) is 35.9 Å². The molecule has 0 bridgehead atoms. The summed E-state index contributed by atoms with van der Waals surface area (Å²) in [6, 6.07) is 10.3. The van der Waals surface area contributed by atoms with Gasteiger partial charge in [0.15, 0.2) is 0 Å². The molecule has 0 aliphatic heterocycles. The number of aryl methyl sites for hydroxylation is 1. The maximum absolute atomic E-state index is 8.59. The predicted octanol–water partition coefficient (Wildman–Crippen LogP) is 1.06. The number of rotatable bonds is 0. The van der Waals surface area contributed by atoms with Crippen LogP contribution in [0.2, 0.25) is 0 Å². The molecule has 0 amide bonds. The molecule has 1 aromatic rings. The summed E-state index contributed by atoms with van der Waals surface area (Å²) in [5.74, 6) is 0. The summed E-state index contributed by atoms with van der Waals surface area (Å²) in [6.45, 7) is 2.08. The Labute approximate surface area is 84.1 Å². The SMILES string of the molecule is Cc1ccccc1.O=[SH](=O)O.[Cu]. The van der Waals surface area contributed by atoms with Crippen LogP contribution in [0.5, 0.6) is 0 Å². The molecule has 3 nitrogen and oxygen atoms in total. The largest absolute Gasteiger partial charge is 0.288 e. The molecule has 1 rings (SSSR count). The van der Waals surface area contributed by atoms with Crippen molar-refractivity contribution in [3.63, 3.8) is 0 Å². The van der Waals surface area contributed by atoms with E-state index >= 15 is 0 Å². The number of benzene rings is 1. The summed E-state index contributed by atoms with van der Waals surface area (Å²) >= 11 is 0. The smallest absolute Gasteiger partial charge is 0.254 e. The zero-order valence-electron chi connectivity index (χ0n) is 6.40. The minimum Gasteiger partial charge on any atom is -0.288 e. The minimum atomic E-state index is -3.12. The molecule has 5 heteroatoms. The van der Waals surface area contributed by atoms with Gasteiger partial charge in [-0.05, 0) is 6.92 Å². The molecule has 73 valence electrons. The zero-order valence-corrected chi connectivity index (χ0v) is 8.24. The Morgan fingerprint density at radius 2 is 1.50 bits per heavy atom. The first kappa shape index (κ1) is 14.2.